The lowest BCUT2D eigenvalue weighted by atomic mass is 9.78. The van der Waals surface area contributed by atoms with Crippen LogP contribution in [0.3, 0.4) is 0 Å². The summed E-state index contributed by atoms with van der Waals surface area (Å²) in [7, 11) is 0. The second kappa shape index (κ2) is 8.44. The lowest BCUT2D eigenvalue weighted by Gasteiger charge is -2.41. The molecule has 0 spiro atoms. The van der Waals surface area contributed by atoms with Crippen molar-refractivity contribution in [3.8, 4) is 0 Å². The summed E-state index contributed by atoms with van der Waals surface area (Å²) in [6, 6.07) is 7.09. The number of hydrogen-bond acceptors (Lipinski definition) is 7. The minimum absolute atomic E-state index is 0.0633. The van der Waals surface area contributed by atoms with Crippen LogP contribution in [0.5, 0.6) is 0 Å². The number of piperidine rings is 1. The number of benzene rings is 1. The molecule has 1 aromatic carbocycles. The Labute approximate surface area is 161 Å². The van der Waals surface area contributed by atoms with E-state index in [1.807, 2.05) is 29.2 Å². The van der Waals surface area contributed by atoms with Gasteiger partial charge in [0.25, 0.3) is 0 Å². The molecule has 2 aromatic rings. The van der Waals surface area contributed by atoms with Crippen LogP contribution in [0.4, 0.5) is 11.9 Å². The number of H-pyrrole nitrogens is 1. The van der Waals surface area contributed by atoms with Crippen molar-refractivity contribution >= 4 is 39.1 Å². The Balaban J connectivity index is 1.82. The van der Waals surface area contributed by atoms with Gasteiger partial charge in [0.15, 0.2) is 0 Å². The molecule has 1 aromatic heterocycles. The summed E-state index contributed by atoms with van der Waals surface area (Å²) in [5.41, 5.74) is 6.44. The topological polar surface area (TPSA) is 143 Å². The maximum absolute atomic E-state index is 11.3. The average Bonchev–Trinajstić information content (AvgIpc) is 3.06. The first-order chi connectivity index (χ1) is 12.5. The second-order valence-corrected chi connectivity index (χ2v) is 7.86. The molecule has 142 valence electrons. The first-order valence-electron chi connectivity index (χ1n) is 8.12. The Kier molecular flexibility index (Phi) is 6.24. The number of halogens is 1. The van der Waals surface area contributed by atoms with Crippen LogP contribution in [0.2, 0.25) is 0 Å². The highest BCUT2D eigenvalue weighted by Crippen LogP contribution is 2.36. The highest BCUT2D eigenvalue weighted by atomic mass is 79.9. The highest BCUT2D eigenvalue weighted by molar-refractivity contribution is 9.10. The number of rotatable bonds is 6. The zero-order valence-electron chi connectivity index (χ0n) is 13.8. The van der Waals surface area contributed by atoms with Crippen LogP contribution in [-0.4, -0.2) is 48.7 Å². The van der Waals surface area contributed by atoms with E-state index < -0.39 is 17.3 Å². The van der Waals surface area contributed by atoms with E-state index in [4.69, 9.17) is 5.73 Å². The van der Waals surface area contributed by atoms with E-state index in [0.29, 0.717) is 25.5 Å². The van der Waals surface area contributed by atoms with Gasteiger partial charge in [-0.2, -0.15) is 4.98 Å². The van der Waals surface area contributed by atoms with Crippen LogP contribution in [0.15, 0.2) is 28.7 Å². The van der Waals surface area contributed by atoms with Gasteiger partial charge in [0.1, 0.15) is 0 Å². The Morgan fingerprint density at radius 1 is 1.50 bits per heavy atom. The minimum atomic E-state index is -2.41. The summed E-state index contributed by atoms with van der Waals surface area (Å²) in [5.74, 6) is 0.513. The van der Waals surface area contributed by atoms with Gasteiger partial charge in [0.2, 0.25) is 11.9 Å². The van der Waals surface area contributed by atoms with E-state index in [2.05, 4.69) is 35.8 Å². The number of aliphatic hydroxyl groups excluding tert-OH is 1. The van der Waals surface area contributed by atoms with Crippen LogP contribution in [-0.2, 0) is 11.3 Å². The van der Waals surface area contributed by atoms with E-state index in [1.165, 1.54) is 0 Å². The van der Waals surface area contributed by atoms with Crippen LogP contribution in [0.25, 0.3) is 0 Å². The van der Waals surface area contributed by atoms with E-state index >= 15 is 0 Å². The van der Waals surface area contributed by atoms with Gasteiger partial charge in [-0.3, -0.25) is 4.21 Å². The molecule has 11 heteroatoms. The fourth-order valence-electron chi connectivity index (χ4n) is 3.45. The number of nitrogen functional groups attached to an aromatic ring is 1. The molecule has 0 saturated carbocycles. The molecule has 0 amide bonds. The van der Waals surface area contributed by atoms with Crippen molar-refractivity contribution in [2.24, 2.45) is 11.8 Å². The molecule has 1 aliphatic heterocycles. The largest absolute Gasteiger partial charge is 0.760 e. The molecule has 5 N–H and O–H groups in total. The van der Waals surface area contributed by atoms with Gasteiger partial charge in [0, 0.05) is 47.4 Å². The van der Waals surface area contributed by atoms with Crippen molar-refractivity contribution in [3.63, 3.8) is 0 Å². The number of anilines is 2. The predicted molar refractivity (Wildman–Crippen MR) is 101 cm³/mol. The lowest BCUT2D eigenvalue weighted by Crippen LogP contribution is -2.47. The number of nitrogens with two attached hydrogens (primary N) is 1. The Bertz CT molecular complexity index is 758. The van der Waals surface area contributed by atoms with Crippen molar-refractivity contribution in [2.45, 2.75) is 12.5 Å². The Morgan fingerprint density at radius 3 is 2.81 bits per heavy atom. The molecule has 4 atom stereocenters. The number of nitrogens with one attached hydrogen (secondary N) is 2. The summed E-state index contributed by atoms with van der Waals surface area (Å²) in [4.78, 5) is 6.07. The third kappa shape index (κ3) is 4.41. The fourth-order valence-corrected chi connectivity index (χ4v) is 4.23. The van der Waals surface area contributed by atoms with Crippen LogP contribution >= 0.6 is 15.9 Å². The summed E-state index contributed by atoms with van der Waals surface area (Å²) in [5, 5.41) is 16.6. The zero-order valence-corrected chi connectivity index (χ0v) is 16.2. The quantitative estimate of drug-likeness (QED) is 0.481. The highest BCUT2D eigenvalue weighted by Gasteiger charge is 2.36. The number of aromatic amines is 1. The Hall–Kier alpha value is -1.53. The smallest absolute Gasteiger partial charge is 0.246 e. The van der Waals surface area contributed by atoms with Crippen LogP contribution < -0.4 is 15.4 Å². The third-order valence-electron chi connectivity index (χ3n) is 4.68. The third-order valence-corrected chi connectivity index (χ3v) is 5.66. The summed E-state index contributed by atoms with van der Waals surface area (Å²) >= 11 is 0.972. The first-order valence-corrected chi connectivity index (χ1v) is 9.99. The number of aliphatic hydroxyl groups is 1. The van der Waals surface area contributed by atoms with Gasteiger partial charge in [-0.1, -0.05) is 28.1 Å². The first kappa shape index (κ1) is 19.2. The van der Waals surface area contributed by atoms with Crippen molar-refractivity contribution in [2.75, 3.05) is 30.3 Å². The summed E-state index contributed by atoms with van der Waals surface area (Å²) < 4.78 is 26.2. The van der Waals surface area contributed by atoms with Gasteiger partial charge in [-0.15, -0.1) is 5.10 Å². The molecule has 1 aliphatic rings. The SMILES string of the molecule is Nc1nc(N2CCC(C(NS(=O)[O-])c3ccc(Br)cc3)C(CO)C2)n[nH]1. The average molecular weight is 444 g/mol. The standard InChI is InChI=1S/C15H21BrN6O3S/c16-11-3-1-9(2-4-11)13(21-26(24)25)12-5-6-22(7-10(12)8-23)15-18-14(17)19-20-15/h1-4,10,12-13,21,23H,5-8H2,(H,24,25)(H3,17,18,19,20)/p-1. The van der Waals surface area contributed by atoms with Gasteiger partial charge in [-0.25, -0.2) is 9.82 Å². The van der Waals surface area contributed by atoms with Crippen LogP contribution in [0.1, 0.15) is 18.0 Å². The zero-order chi connectivity index (χ0) is 18.7. The molecule has 4 unspecified atom stereocenters. The van der Waals surface area contributed by atoms with E-state index in [9.17, 15) is 13.9 Å². The van der Waals surface area contributed by atoms with Crippen molar-refractivity contribution < 1.29 is 13.9 Å². The monoisotopic (exact) mass is 443 g/mol. The molecule has 26 heavy (non-hydrogen) atoms. The van der Waals surface area contributed by atoms with Gasteiger partial charge < -0.3 is 20.3 Å². The molecule has 3 rings (SSSR count). The van der Waals surface area contributed by atoms with Gasteiger partial charge in [0.05, 0.1) is 0 Å². The maximum atomic E-state index is 11.3. The Morgan fingerprint density at radius 2 is 2.23 bits per heavy atom. The van der Waals surface area contributed by atoms with E-state index in [-0.39, 0.29) is 24.4 Å². The summed E-state index contributed by atoms with van der Waals surface area (Å²) in [6.45, 7) is 1.08. The predicted octanol–water partition coefficient (Wildman–Crippen LogP) is 0.709. The van der Waals surface area contributed by atoms with E-state index in [0.717, 1.165) is 10.0 Å². The molecule has 0 bridgehead atoms. The van der Waals surface area contributed by atoms with Crippen molar-refractivity contribution in [3.05, 3.63) is 34.3 Å². The lowest BCUT2D eigenvalue weighted by molar-refractivity contribution is 0.134. The fraction of sp³-hybridized carbons (Fsp3) is 0.467. The van der Waals surface area contributed by atoms with E-state index in [1.54, 1.807) is 0 Å². The maximum Gasteiger partial charge on any atom is 0.246 e. The number of aromatic nitrogens is 3. The van der Waals surface area contributed by atoms with Crippen molar-refractivity contribution in [1.82, 2.24) is 19.9 Å². The number of hydrogen-bond donors (Lipinski definition) is 4. The van der Waals surface area contributed by atoms with Crippen LogP contribution in [0, 0.1) is 11.8 Å². The van der Waals surface area contributed by atoms with Gasteiger partial charge in [-0.05, 0) is 30.0 Å². The number of nitrogens with zero attached hydrogens (tertiary/aromatic N) is 3. The second-order valence-electron chi connectivity index (χ2n) is 6.24. The molecule has 1 fully saturated rings. The molecular formula is C15H20BrN6O3S-. The normalized spacial score (nSPS) is 23.0. The molecular weight excluding hydrogens is 424 g/mol. The summed E-state index contributed by atoms with van der Waals surface area (Å²) in [6.07, 6.45) is 0.671. The van der Waals surface area contributed by atoms with Gasteiger partial charge >= 0.3 is 0 Å². The van der Waals surface area contributed by atoms with Crippen molar-refractivity contribution in [1.29, 1.82) is 0 Å². The molecule has 2 heterocycles. The molecule has 0 radical (unpaired) electrons. The molecule has 9 nitrogen and oxygen atoms in total. The minimum Gasteiger partial charge on any atom is -0.760 e. The molecule has 0 aliphatic carbocycles. The molecule has 1 saturated heterocycles.